The van der Waals surface area contributed by atoms with Crippen LogP contribution in [0.4, 0.5) is 4.39 Å². The number of hydrogen-bond donors (Lipinski definition) is 1. The molecule has 0 saturated heterocycles. The van der Waals surface area contributed by atoms with Crippen LogP contribution < -0.4 is 5.48 Å². The van der Waals surface area contributed by atoms with Gasteiger partial charge in [0.15, 0.2) is 0 Å². The van der Waals surface area contributed by atoms with Gasteiger partial charge in [-0.2, -0.15) is 0 Å². The zero-order valence-corrected chi connectivity index (χ0v) is 22.1. The molecular formula is C21H31FN2O5S2Si. The van der Waals surface area contributed by atoms with Gasteiger partial charge in [-0.05, 0) is 61.8 Å². The van der Waals surface area contributed by atoms with E-state index in [1.807, 2.05) is 33.9 Å². The number of thiophene rings is 1. The topological polar surface area (TPSA) is 84.9 Å². The highest BCUT2D eigenvalue weighted by Crippen LogP contribution is 2.36. The van der Waals surface area contributed by atoms with Gasteiger partial charge in [-0.1, -0.05) is 37.4 Å². The summed E-state index contributed by atoms with van der Waals surface area (Å²) >= 11 is 1.01. The monoisotopic (exact) mass is 502 g/mol. The Labute approximate surface area is 194 Å². The fourth-order valence-electron chi connectivity index (χ4n) is 2.23. The number of nitrogens with zero attached hydrogens (tertiary/aromatic N) is 1. The number of hydroxylamine groups is 2. The molecule has 11 heteroatoms. The van der Waals surface area contributed by atoms with Crippen LogP contribution in [-0.4, -0.2) is 39.8 Å². The van der Waals surface area contributed by atoms with Gasteiger partial charge in [0.2, 0.25) is 8.32 Å². The molecule has 0 aliphatic rings. The van der Waals surface area contributed by atoms with E-state index in [0.29, 0.717) is 14.9 Å². The Hall–Kier alpha value is -1.63. The molecule has 1 amide bonds. The summed E-state index contributed by atoms with van der Waals surface area (Å²) in [7, 11) is -6.38. The molecule has 0 saturated carbocycles. The molecule has 0 atom stereocenters. The van der Waals surface area contributed by atoms with Crippen LogP contribution in [0, 0.1) is 5.82 Å². The molecule has 0 aliphatic heterocycles. The molecule has 0 spiro atoms. The van der Waals surface area contributed by atoms with Gasteiger partial charge in [-0.3, -0.25) is 9.63 Å². The number of hydrogen-bond acceptors (Lipinski definition) is 6. The first-order valence-corrected chi connectivity index (χ1v) is 15.3. The minimum atomic E-state index is -4.12. The Kier molecular flexibility index (Phi) is 8.40. The standard InChI is InChI=1S/C21H31FN2O5S2Si/c1-15(2)28-24(14-19(25)23-29-32(6,7)21(3,4)5)31(26,27)20-13-12-18(30-20)16-8-10-17(22)11-9-16/h8-13,15H,14H2,1-7H3,(H,23,25). The van der Waals surface area contributed by atoms with Crippen molar-refractivity contribution in [1.82, 2.24) is 9.95 Å². The van der Waals surface area contributed by atoms with Crippen LogP contribution in [0.5, 0.6) is 0 Å². The molecule has 7 nitrogen and oxygen atoms in total. The summed E-state index contributed by atoms with van der Waals surface area (Å²) in [5, 5.41) is -0.131. The maximum absolute atomic E-state index is 13.2. The van der Waals surface area contributed by atoms with Crippen LogP contribution in [0.15, 0.2) is 40.6 Å². The van der Waals surface area contributed by atoms with Gasteiger partial charge in [0, 0.05) is 4.88 Å². The lowest BCUT2D eigenvalue weighted by Gasteiger charge is -2.35. The van der Waals surface area contributed by atoms with Crippen LogP contribution in [-0.2, 0) is 24.2 Å². The summed E-state index contributed by atoms with van der Waals surface area (Å²) in [5.74, 6) is -1.00. The second kappa shape index (κ2) is 10.1. The van der Waals surface area contributed by atoms with Gasteiger partial charge in [-0.25, -0.2) is 18.3 Å². The van der Waals surface area contributed by atoms with E-state index in [1.165, 1.54) is 18.2 Å². The van der Waals surface area contributed by atoms with Crippen molar-refractivity contribution in [2.75, 3.05) is 6.54 Å². The van der Waals surface area contributed by atoms with E-state index in [9.17, 15) is 17.6 Å². The van der Waals surface area contributed by atoms with Gasteiger partial charge in [0.1, 0.15) is 16.6 Å². The van der Waals surface area contributed by atoms with Gasteiger partial charge in [0.05, 0.1) is 6.10 Å². The fraction of sp³-hybridized carbons (Fsp3) is 0.476. The van der Waals surface area contributed by atoms with Crippen molar-refractivity contribution in [1.29, 1.82) is 0 Å². The van der Waals surface area contributed by atoms with E-state index in [-0.39, 0.29) is 15.1 Å². The summed E-state index contributed by atoms with van der Waals surface area (Å²) in [6.45, 7) is 12.8. The van der Waals surface area contributed by atoms with E-state index < -0.39 is 36.9 Å². The van der Waals surface area contributed by atoms with E-state index in [0.717, 1.165) is 11.3 Å². The van der Waals surface area contributed by atoms with Crippen molar-refractivity contribution in [2.24, 2.45) is 0 Å². The zero-order chi connectivity index (χ0) is 24.3. The van der Waals surface area contributed by atoms with Crippen LogP contribution in [0.3, 0.4) is 0 Å². The number of rotatable bonds is 9. The Morgan fingerprint density at radius 1 is 1.16 bits per heavy atom. The van der Waals surface area contributed by atoms with Crippen LogP contribution in [0.25, 0.3) is 10.4 Å². The number of nitrogens with one attached hydrogen (secondary N) is 1. The van der Waals surface area contributed by atoms with Crippen LogP contribution in [0.2, 0.25) is 18.1 Å². The normalized spacial score (nSPS) is 13.1. The summed E-state index contributed by atoms with van der Waals surface area (Å²) in [5.41, 5.74) is 3.09. The summed E-state index contributed by atoms with van der Waals surface area (Å²) in [6.07, 6.45) is -0.476. The quantitative estimate of drug-likeness (QED) is 0.388. The maximum Gasteiger partial charge on any atom is 0.274 e. The molecule has 1 N–H and O–H groups in total. The lowest BCUT2D eigenvalue weighted by atomic mass is 10.2. The maximum atomic E-state index is 13.2. The third-order valence-corrected chi connectivity index (χ3v) is 12.5. The smallest absolute Gasteiger partial charge is 0.274 e. The average molecular weight is 503 g/mol. The molecule has 2 rings (SSSR count). The summed E-state index contributed by atoms with van der Waals surface area (Å²) in [6, 6.07) is 8.85. The number of carbonyl (C=O) groups excluding carboxylic acids is 1. The highest BCUT2D eigenvalue weighted by molar-refractivity contribution is 7.91. The molecule has 0 aliphatic carbocycles. The molecule has 1 aromatic heterocycles. The SMILES string of the molecule is CC(C)ON(CC(=O)NO[Si](C)(C)C(C)(C)C)S(=O)(=O)c1ccc(-c2ccc(F)cc2)s1. The van der Waals surface area contributed by atoms with Gasteiger partial charge < -0.3 is 4.53 Å². The van der Waals surface area contributed by atoms with E-state index in [2.05, 4.69) is 5.48 Å². The second-order valence-electron chi connectivity index (χ2n) is 9.13. The zero-order valence-electron chi connectivity index (χ0n) is 19.4. The van der Waals surface area contributed by atoms with Gasteiger partial charge in [-0.15, -0.1) is 11.3 Å². The van der Waals surface area contributed by atoms with Crippen LogP contribution >= 0.6 is 11.3 Å². The molecule has 2 aromatic rings. The van der Waals surface area contributed by atoms with Gasteiger partial charge in [0.25, 0.3) is 15.9 Å². The lowest BCUT2D eigenvalue weighted by molar-refractivity contribution is -0.148. The third-order valence-electron chi connectivity index (χ3n) is 5.06. The molecule has 32 heavy (non-hydrogen) atoms. The van der Waals surface area contributed by atoms with Crippen molar-refractivity contribution < 1.29 is 27.0 Å². The third kappa shape index (κ3) is 6.69. The van der Waals surface area contributed by atoms with E-state index in [4.69, 9.17) is 9.36 Å². The average Bonchev–Trinajstić information content (AvgIpc) is 3.16. The Morgan fingerprint density at radius 3 is 2.28 bits per heavy atom. The highest BCUT2D eigenvalue weighted by Gasteiger charge is 2.39. The number of halogens is 1. The van der Waals surface area contributed by atoms with Crippen molar-refractivity contribution in [3.8, 4) is 10.4 Å². The first-order chi connectivity index (χ1) is 14.6. The lowest BCUT2D eigenvalue weighted by Crippen LogP contribution is -2.49. The molecule has 0 fully saturated rings. The van der Waals surface area contributed by atoms with E-state index >= 15 is 0 Å². The fourth-order valence-corrected chi connectivity index (χ4v) is 5.60. The minimum Gasteiger partial charge on any atom is -0.319 e. The first kappa shape index (κ1) is 26.6. The molecule has 178 valence electrons. The Balaban J connectivity index is 2.21. The summed E-state index contributed by atoms with van der Waals surface area (Å²) in [4.78, 5) is 18.6. The summed E-state index contributed by atoms with van der Waals surface area (Å²) < 4.78 is 46.0. The van der Waals surface area contributed by atoms with Crippen molar-refractivity contribution in [3.63, 3.8) is 0 Å². The molecule has 1 heterocycles. The predicted octanol–water partition coefficient (Wildman–Crippen LogP) is 4.94. The van der Waals surface area contributed by atoms with E-state index in [1.54, 1.807) is 32.0 Å². The predicted molar refractivity (Wildman–Crippen MR) is 126 cm³/mol. The number of sulfonamides is 1. The Morgan fingerprint density at radius 2 is 1.75 bits per heavy atom. The molecule has 0 radical (unpaired) electrons. The van der Waals surface area contributed by atoms with Crippen molar-refractivity contribution in [2.45, 2.75) is 63.1 Å². The highest BCUT2D eigenvalue weighted by atomic mass is 32.2. The first-order valence-electron chi connectivity index (χ1n) is 10.2. The number of amides is 1. The Bertz CT molecular complexity index is 1030. The van der Waals surface area contributed by atoms with Crippen molar-refractivity contribution in [3.05, 3.63) is 42.2 Å². The number of benzene rings is 1. The molecule has 1 aromatic carbocycles. The van der Waals surface area contributed by atoms with Gasteiger partial charge >= 0.3 is 0 Å². The molecule has 0 bridgehead atoms. The second-order valence-corrected chi connectivity index (χ2v) is 17.0. The minimum absolute atomic E-state index is 0.00981. The number of carbonyl (C=O) groups is 1. The largest absolute Gasteiger partial charge is 0.319 e. The van der Waals surface area contributed by atoms with Crippen LogP contribution in [0.1, 0.15) is 34.6 Å². The molecule has 0 unspecified atom stereocenters. The molecular weight excluding hydrogens is 471 g/mol. The van der Waals surface area contributed by atoms with Crippen molar-refractivity contribution >= 4 is 35.6 Å².